The fourth-order valence-corrected chi connectivity index (χ4v) is 3.06. The highest BCUT2D eigenvalue weighted by Crippen LogP contribution is 2.25. The molecule has 1 aromatic heterocycles. The lowest BCUT2D eigenvalue weighted by Gasteiger charge is -2.36. The van der Waals surface area contributed by atoms with Crippen LogP contribution in [0.3, 0.4) is 0 Å². The summed E-state index contributed by atoms with van der Waals surface area (Å²) in [6, 6.07) is -0.0265. The van der Waals surface area contributed by atoms with Gasteiger partial charge in [0.05, 0.1) is 37.7 Å². The van der Waals surface area contributed by atoms with Crippen LogP contribution in [0.1, 0.15) is 30.1 Å². The topological polar surface area (TPSA) is 61.5 Å². The second-order valence-electron chi connectivity index (χ2n) is 5.63. The molecule has 0 aliphatic carbocycles. The normalized spacial score (nSPS) is 24.2. The first-order chi connectivity index (χ1) is 9.75. The fourth-order valence-electron chi connectivity index (χ4n) is 3.06. The monoisotopic (exact) mass is 278 g/mol. The van der Waals surface area contributed by atoms with E-state index in [1.807, 2.05) is 11.8 Å². The first-order valence-corrected chi connectivity index (χ1v) is 7.35. The van der Waals surface area contributed by atoms with E-state index in [1.54, 1.807) is 6.20 Å². The Morgan fingerprint density at radius 1 is 1.45 bits per heavy atom. The van der Waals surface area contributed by atoms with Crippen molar-refractivity contribution in [3.05, 3.63) is 17.5 Å². The Morgan fingerprint density at radius 2 is 2.25 bits per heavy atom. The minimum absolute atomic E-state index is 0.0265. The quantitative estimate of drug-likeness (QED) is 0.885. The molecule has 0 aromatic carbocycles. The highest BCUT2D eigenvalue weighted by molar-refractivity contribution is 5.79. The summed E-state index contributed by atoms with van der Waals surface area (Å²) in [7, 11) is 0. The molecule has 0 unspecified atom stereocenters. The zero-order valence-electron chi connectivity index (χ0n) is 12.0. The number of aromatic nitrogens is 2. The van der Waals surface area contributed by atoms with E-state index < -0.39 is 0 Å². The smallest absolute Gasteiger partial charge is 0.237 e. The molecule has 1 aromatic rings. The van der Waals surface area contributed by atoms with Crippen molar-refractivity contribution in [2.75, 3.05) is 39.4 Å². The Morgan fingerprint density at radius 3 is 2.95 bits per heavy atom. The van der Waals surface area contributed by atoms with Crippen molar-refractivity contribution in [1.82, 2.24) is 20.0 Å². The molecule has 6 heteroatoms. The summed E-state index contributed by atoms with van der Waals surface area (Å²) in [4.78, 5) is 16.8. The summed E-state index contributed by atoms with van der Waals surface area (Å²) in [5, 5.41) is 7.08. The van der Waals surface area contributed by atoms with Crippen LogP contribution in [0.15, 0.2) is 6.20 Å². The number of nitrogens with one attached hydrogen (secondary N) is 1. The van der Waals surface area contributed by atoms with E-state index in [2.05, 4.69) is 15.1 Å². The highest BCUT2D eigenvalue weighted by Gasteiger charge is 2.31. The largest absolute Gasteiger partial charge is 0.377 e. The van der Waals surface area contributed by atoms with E-state index in [0.717, 1.165) is 24.3 Å². The van der Waals surface area contributed by atoms with Gasteiger partial charge in [-0.25, -0.2) is 0 Å². The van der Waals surface area contributed by atoms with E-state index in [1.165, 1.54) is 12.8 Å². The van der Waals surface area contributed by atoms with E-state index >= 15 is 0 Å². The predicted octanol–water partition coefficient (Wildman–Crippen LogP) is 0.714. The standard InChI is InChI=1S/C14H22N4O2/c1-11-8-15-16-14(11)12-10-20-7-6-18(12)13(19)9-17-4-2-3-5-17/h8,12H,2-7,9-10H2,1H3,(H,15,16)/t12-/m0/s1. The average molecular weight is 278 g/mol. The van der Waals surface area contributed by atoms with Gasteiger partial charge in [-0.15, -0.1) is 0 Å². The number of H-pyrrole nitrogens is 1. The number of likely N-dealkylation sites (tertiary alicyclic amines) is 1. The predicted molar refractivity (Wildman–Crippen MR) is 74.3 cm³/mol. The Kier molecular flexibility index (Phi) is 4.03. The lowest BCUT2D eigenvalue weighted by atomic mass is 10.1. The average Bonchev–Trinajstić information content (AvgIpc) is 3.10. The molecule has 2 aliphatic heterocycles. The first kappa shape index (κ1) is 13.6. The molecular formula is C14H22N4O2. The molecule has 3 rings (SSSR count). The summed E-state index contributed by atoms with van der Waals surface area (Å²) >= 11 is 0. The maximum Gasteiger partial charge on any atom is 0.237 e. The van der Waals surface area contributed by atoms with Gasteiger partial charge in [0.1, 0.15) is 0 Å². The zero-order valence-corrected chi connectivity index (χ0v) is 12.0. The third-order valence-corrected chi connectivity index (χ3v) is 4.21. The molecule has 1 N–H and O–H groups in total. The number of nitrogens with zero attached hydrogens (tertiary/aromatic N) is 3. The number of amides is 1. The molecule has 20 heavy (non-hydrogen) atoms. The Labute approximate surface area is 119 Å². The van der Waals surface area contributed by atoms with Crippen LogP contribution in [-0.4, -0.2) is 65.3 Å². The van der Waals surface area contributed by atoms with Gasteiger partial charge in [0, 0.05) is 6.54 Å². The SMILES string of the molecule is Cc1cn[nH]c1[C@@H]1COCCN1C(=O)CN1CCCC1. The second kappa shape index (κ2) is 5.93. The van der Waals surface area contributed by atoms with Crippen LogP contribution in [0.2, 0.25) is 0 Å². The van der Waals surface area contributed by atoms with Crippen LogP contribution in [0.5, 0.6) is 0 Å². The molecule has 0 saturated carbocycles. The summed E-state index contributed by atoms with van der Waals surface area (Å²) in [5.41, 5.74) is 2.08. The second-order valence-corrected chi connectivity index (χ2v) is 5.63. The summed E-state index contributed by atoms with van der Waals surface area (Å²) in [6.45, 7) is 6.47. The molecule has 0 radical (unpaired) electrons. The lowest BCUT2D eigenvalue weighted by molar-refractivity contribution is -0.141. The van der Waals surface area contributed by atoms with Crippen LogP contribution in [-0.2, 0) is 9.53 Å². The van der Waals surface area contributed by atoms with Gasteiger partial charge >= 0.3 is 0 Å². The van der Waals surface area contributed by atoms with Crippen LogP contribution >= 0.6 is 0 Å². The van der Waals surface area contributed by atoms with Gasteiger partial charge in [0.2, 0.25) is 5.91 Å². The van der Waals surface area contributed by atoms with Crippen LogP contribution in [0, 0.1) is 6.92 Å². The van der Waals surface area contributed by atoms with Crippen LogP contribution < -0.4 is 0 Å². The molecule has 0 bridgehead atoms. The molecule has 110 valence electrons. The number of aromatic amines is 1. The maximum absolute atomic E-state index is 12.6. The van der Waals surface area contributed by atoms with Gasteiger partial charge in [-0.2, -0.15) is 5.10 Å². The van der Waals surface area contributed by atoms with Crippen molar-refractivity contribution < 1.29 is 9.53 Å². The van der Waals surface area contributed by atoms with Gasteiger partial charge in [-0.3, -0.25) is 14.8 Å². The number of hydrogen-bond donors (Lipinski definition) is 1. The molecule has 2 saturated heterocycles. The molecule has 3 heterocycles. The molecular weight excluding hydrogens is 256 g/mol. The Hall–Kier alpha value is -1.40. The van der Waals surface area contributed by atoms with Crippen LogP contribution in [0.4, 0.5) is 0 Å². The van der Waals surface area contributed by atoms with Crippen molar-refractivity contribution in [3.63, 3.8) is 0 Å². The summed E-state index contributed by atoms with van der Waals surface area (Å²) < 4.78 is 5.56. The molecule has 0 spiro atoms. The van der Waals surface area contributed by atoms with Crippen molar-refractivity contribution in [3.8, 4) is 0 Å². The third kappa shape index (κ3) is 2.71. The molecule has 6 nitrogen and oxygen atoms in total. The minimum Gasteiger partial charge on any atom is -0.377 e. The van der Waals surface area contributed by atoms with Gasteiger partial charge in [-0.05, 0) is 38.4 Å². The zero-order chi connectivity index (χ0) is 13.9. The van der Waals surface area contributed by atoms with E-state index in [0.29, 0.717) is 26.3 Å². The Bertz CT molecular complexity index is 467. The van der Waals surface area contributed by atoms with Gasteiger partial charge in [-0.1, -0.05) is 0 Å². The number of aryl methyl sites for hydroxylation is 1. The molecule has 2 fully saturated rings. The number of morpholine rings is 1. The summed E-state index contributed by atoms with van der Waals surface area (Å²) in [6.07, 6.45) is 4.21. The fraction of sp³-hybridized carbons (Fsp3) is 0.714. The number of carbonyl (C=O) groups excluding carboxylic acids is 1. The van der Waals surface area contributed by atoms with Gasteiger partial charge < -0.3 is 9.64 Å². The molecule has 1 atom stereocenters. The minimum atomic E-state index is -0.0265. The van der Waals surface area contributed by atoms with Crippen LogP contribution in [0.25, 0.3) is 0 Å². The Balaban J connectivity index is 1.71. The number of hydrogen-bond acceptors (Lipinski definition) is 4. The third-order valence-electron chi connectivity index (χ3n) is 4.21. The van der Waals surface area contributed by atoms with E-state index in [4.69, 9.17) is 4.74 Å². The first-order valence-electron chi connectivity index (χ1n) is 7.35. The van der Waals surface area contributed by atoms with Crippen molar-refractivity contribution in [1.29, 1.82) is 0 Å². The number of ether oxygens (including phenoxy) is 1. The molecule has 1 amide bonds. The van der Waals surface area contributed by atoms with Gasteiger partial charge in [0.15, 0.2) is 0 Å². The van der Waals surface area contributed by atoms with Crippen molar-refractivity contribution >= 4 is 5.91 Å². The summed E-state index contributed by atoms with van der Waals surface area (Å²) in [5.74, 6) is 0.203. The number of rotatable bonds is 3. The number of carbonyl (C=O) groups is 1. The van der Waals surface area contributed by atoms with E-state index in [9.17, 15) is 4.79 Å². The van der Waals surface area contributed by atoms with Crippen molar-refractivity contribution in [2.24, 2.45) is 0 Å². The van der Waals surface area contributed by atoms with Crippen molar-refractivity contribution in [2.45, 2.75) is 25.8 Å². The lowest BCUT2D eigenvalue weighted by Crippen LogP contribution is -2.47. The molecule has 2 aliphatic rings. The maximum atomic E-state index is 12.6. The van der Waals surface area contributed by atoms with Gasteiger partial charge in [0.25, 0.3) is 0 Å². The highest BCUT2D eigenvalue weighted by atomic mass is 16.5. The van der Waals surface area contributed by atoms with E-state index in [-0.39, 0.29) is 11.9 Å².